The van der Waals surface area contributed by atoms with E-state index in [1.165, 1.54) is 0 Å². The Morgan fingerprint density at radius 2 is 2.14 bits per heavy atom. The van der Waals surface area contributed by atoms with Crippen LogP contribution in [0.2, 0.25) is 0 Å². The third kappa shape index (κ3) is 3.83. The number of likely N-dealkylation sites (tertiary alicyclic amines) is 1. The normalized spacial score (nSPS) is 22.3. The zero-order valence-electron chi connectivity index (χ0n) is 16.1. The lowest BCUT2D eigenvalue weighted by Gasteiger charge is -2.25. The first-order valence-electron chi connectivity index (χ1n) is 10.00. The van der Waals surface area contributed by atoms with Crippen molar-refractivity contribution in [1.82, 2.24) is 20.5 Å². The lowest BCUT2D eigenvalue weighted by atomic mass is 9.98. The summed E-state index contributed by atoms with van der Waals surface area (Å²) in [5.74, 6) is 1.94. The lowest BCUT2D eigenvalue weighted by molar-refractivity contribution is -0.126. The number of hydrogen-bond acceptors (Lipinski definition) is 3. The molecule has 3 atom stereocenters. The molecular weight excluding hydrogens is 368 g/mol. The van der Waals surface area contributed by atoms with Crippen molar-refractivity contribution >= 4 is 28.6 Å². The summed E-state index contributed by atoms with van der Waals surface area (Å²) >= 11 is 0. The van der Waals surface area contributed by atoms with Crippen molar-refractivity contribution < 1.29 is 14.4 Å². The molecule has 1 aromatic carbocycles. The average Bonchev–Trinajstić information content (AvgIpc) is 3.46. The Morgan fingerprint density at radius 3 is 2.86 bits per heavy atom. The molecule has 3 heterocycles. The maximum absolute atomic E-state index is 13.0. The van der Waals surface area contributed by atoms with Gasteiger partial charge in [-0.25, -0.2) is 0 Å². The summed E-state index contributed by atoms with van der Waals surface area (Å²) in [5, 5.41) is 6.60. The quantitative estimate of drug-likeness (QED) is 0.672. The fourth-order valence-corrected chi connectivity index (χ4v) is 4.22. The number of carbonyl (C=O) groups excluding carboxylic acids is 3. The molecule has 0 spiro atoms. The van der Waals surface area contributed by atoms with Gasteiger partial charge in [-0.1, -0.05) is 24.1 Å². The molecule has 0 aliphatic carbocycles. The predicted octanol–water partition coefficient (Wildman–Crippen LogP) is 1.42. The Hall–Kier alpha value is -3.27. The fraction of sp³-hybridized carbons (Fsp3) is 0.409. The summed E-state index contributed by atoms with van der Waals surface area (Å²) in [4.78, 5) is 42.4. The van der Waals surface area contributed by atoms with Crippen LogP contribution in [-0.4, -0.2) is 52.8 Å². The fourth-order valence-electron chi connectivity index (χ4n) is 4.22. The smallest absolute Gasteiger partial charge is 0.270 e. The van der Waals surface area contributed by atoms with E-state index >= 15 is 0 Å². The van der Waals surface area contributed by atoms with Crippen molar-refractivity contribution in [2.24, 2.45) is 5.92 Å². The van der Waals surface area contributed by atoms with E-state index in [-0.39, 0.29) is 23.6 Å². The van der Waals surface area contributed by atoms with Crippen LogP contribution >= 0.6 is 0 Å². The first kappa shape index (κ1) is 19.1. The van der Waals surface area contributed by atoms with Crippen molar-refractivity contribution in [1.29, 1.82) is 0 Å². The third-order valence-electron chi connectivity index (χ3n) is 5.78. The molecule has 7 heteroatoms. The number of nitrogens with zero attached hydrogens (tertiary/aromatic N) is 1. The van der Waals surface area contributed by atoms with E-state index in [1.54, 1.807) is 4.90 Å². The standard InChI is InChI=1S/C22H24N4O3/c1-2-16(12-15-9-10-23-20(15)27)24-21(28)19-8-5-11-26(19)22(29)18-13-14-6-3-4-7-17(14)25-18/h1,3-4,6-7,13,15-16,19,25H,5,8-12H2,(H,23,27)(H,24,28)/t15-,16+,19-/m0/s1. The summed E-state index contributed by atoms with van der Waals surface area (Å²) in [6.07, 6.45) is 8.08. The first-order valence-corrected chi connectivity index (χ1v) is 10.00. The number of para-hydroxylation sites is 1. The van der Waals surface area contributed by atoms with Crippen LogP contribution in [0.1, 0.15) is 36.2 Å². The number of aromatic nitrogens is 1. The van der Waals surface area contributed by atoms with Gasteiger partial charge in [0, 0.05) is 29.9 Å². The SMILES string of the molecule is C#C[C@H](C[C@@H]1CCNC1=O)NC(=O)[C@@H]1CCCN1C(=O)c1cc2ccccc2[nH]1. The third-order valence-corrected chi connectivity index (χ3v) is 5.78. The Bertz CT molecular complexity index is 956. The highest BCUT2D eigenvalue weighted by molar-refractivity contribution is 6.00. The van der Waals surface area contributed by atoms with Crippen LogP contribution in [0, 0.1) is 18.3 Å². The molecule has 0 bridgehead atoms. The molecule has 3 N–H and O–H groups in total. The maximum Gasteiger partial charge on any atom is 0.270 e. The van der Waals surface area contributed by atoms with Crippen LogP contribution in [0.25, 0.3) is 10.9 Å². The molecule has 2 aliphatic rings. The van der Waals surface area contributed by atoms with Gasteiger partial charge in [0.25, 0.3) is 5.91 Å². The maximum atomic E-state index is 13.0. The van der Waals surface area contributed by atoms with Crippen molar-refractivity contribution in [3.63, 3.8) is 0 Å². The van der Waals surface area contributed by atoms with Gasteiger partial charge in [0.2, 0.25) is 11.8 Å². The summed E-state index contributed by atoms with van der Waals surface area (Å²) in [5.41, 5.74) is 1.36. The molecule has 29 heavy (non-hydrogen) atoms. The van der Waals surface area contributed by atoms with Gasteiger partial charge >= 0.3 is 0 Å². The molecule has 7 nitrogen and oxygen atoms in total. The molecule has 0 unspecified atom stereocenters. The number of amides is 3. The molecule has 0 radical (unpaired) electrons. The molecule has 2 saturated heterocycles. The highest BCUT2D eigenvalue weighted by Gasteiger charge is 2.36. The molecule has 3 amide bonds. The lowest BCUT2D eigenvalue weighted by Crippen LogP contribution is -2.49. The van der Waals surface area contributed by atoms with Crippen molar-refractivity contribution in [3.8, 4) is 12.3 Å². The minimum atomic E-state index is -0.554. The van der Waals surface area contributed by atoms with E-state index in [0.717, 1.165) is 23.7 Å². The zero-order valence-corrected chi connectivity index (χ0v) is 16.1. The van der Waals surface area contributed by atoms with E-state index < -0.39 is 12.1 Å². The van der Waals surface area contributed by atoms with Gasteiger partial charge in [-0.05, 0) is 37.8 Å². The van der Waals surface area contributed by atoms with E-state index in [1.807, 2.05) is 30.3 Å². The minimum absolute atomic E-state index is 0.0176. The Balaban J connectivity index is 1.44. The van der Waals surface area contributed by atoms with Crippen LogP contribution in [-0.2, 0) is 9.59 Å². The highest BCUT2D eigenvalue weighted by atomic mass is 16.2. The summed E-state index contributed by atoms with van der Waals surface area (Å²) in [6, 6.07) is 8.41. The molecule has 2 fully saturated rings. The van der Waals surface area contributed by atoms with Crippen LogP contribution in [0.4, 0.5) is 0 Å². The second-order valence-corrected chi connectivity index (χ2v) is 7.67. The molecule has 2 aliphatic heterocycles. The van der Waals surface area contributed by atoms with Gasteiger partial charge in [-0.15, -0.1) is 6.42 Å². The summed E-state index contributed by atoms with van der Waals surface area (Å²) in [6.45, 7) is 1.17. The second-order valence-electron chi connectivity index (χ2n) is 7.67. The Kier molecular flexibility index (Phi) is 5.26. The van der Waals surface area contributed by atoms with E-state index in [4.69, 9.17) is 6.42 Å². The van der Waals surface area contributed by atoms with Gasteiger partial charge in [-0.2, -0.15) is 0 Å². The minimum Gasteiger partial charge on any atom is -0.356 e. The van der Waals surface area contributed by atoms with Crippen molar-refractivity contribution in [2.45, 2.75) is 37.8 Å². The number of H-pyrrole nitrogens is 1. The predicted molar refractivity (Wildman–Crippen MR) is 109 cm³/mol. The van der Waals surface area contributed by atoms with Crippen LogP contribution in [0.3, 0.4) is 0 Å². The van der Waals surface area contributed by atoms with Gasteiger partial charge in [0.05, 0.1) is 6.04 Å². The molecular formula is C22H24N4O3. The molecule has 4 rings (SSSR count). The monoisotopic (exact) mass is 392 g/mol. The summed E-state index contributed by atoms with van der Waals surface area (Å²) in [7, 11) is 0. The number of hydrogen-bond donors (Lipinski definition) is 3. The van der Waals surface area contributed by atoms with E-state index in [9.17, 15) is 14.4 Å². The van der Waals surface area contributed by atoms with Gasteiger partial charge in [-0.3, -0.25) is 14.4 Å². The summed E-state index contributed by atoms with van der Waals surface area (Å²) < 4.78 is 0. The van der Waals surface area contributed by atoms with Crippen LogP contribution < -0.4 is 10.6 Å². The van der Waals surface area contributed by atoms with Gasteiger partial charge < -0.3 is 20.5 Å². The molecule has 0 saturated carbocycles. The molecule has 2 aromatic rings. The highest BCUT2D eigenvalue weighted by Crippen LogP contribution is 2.23. The largest absolute Gasteiger partial charge is 0.356 e. The Morgan fingerprint density at radius 1 is 1.31 bits per heavy atom. The number of carbonyl (C=O) groups is 3. The van der Waals surface area contributed by atoms with Gasteiger partial charge in [0.15, 0.2) is 0 Å². The topological polar surface area (TPSA) is 94.3 Å². The first-order chi connectivity index (χ1) is 14.1. The Labute approximate surface area is 169 Å². The van der Waals surface area contributed by atoms with Gasteiger partial charge in [0.1, 0.15) is 11.7 Å². The van der Waals surface area contributed by atoms with Crippen molar-refractivity contribution in [2.75, 3.05) is 13.1 Å². The number of rotatable bonds is 5. The van der Waals surface area contributed by atoms with E-state index in [0.29, 0.717) is 31.6 Å². The zero-order chi connectivity index (χ0) is 20.4. The molecule has 150 valence electrons. The number of fused-ring (bicyclic) bond motifs is 1. The number of benzene rings is 1. The van der Waals surface area contributed by atoms with Crippen molar-refractivity contribution in [3.05, 3.63) is 36.0 Å². The number of nitrogens with one attached hydrogen (secondary N) is 3. The molecule has 1 aromatic heterocycles. The number of aromatic amines is 1. The van der Waals surface area contributed by atoms with E-state index in [2.05, 4.69) is 21.5 Å². The average molecular weight is 392 g/mol. The second kappa shape index (κ2) is 8.00. The number of terminal acetylenes is 1. The van der Waals surface area contributed by atoms with Crippen LogP contribution in [0.5, 0.6) is 0 Å². The van der Waals surface area contributed by atoms with Crippen LogP contribution in [0.15, 0.2) is 30.3 Å².